The molecule has 8 heteroatoms. The summed E-state index contributed by atoms with van der Waals surface area (Å²) in [5.74, 6) is -2.55. The first-order valence-corrected chi connectivity index (χ1v) is 10.9. The summed E-state index contributed by atoms with van der Waals surface area (Å²) in [4.78, 5) is 45.7. The van der Waals surface area contributed by atoms with Crippen molar-refractivity contribution in [2.75, 3.05) is 11.9 Å². The monoisotopic (exact) mass is 458 g/mol. The summed E-state index contributed by atoms with van der Waals surface area (Å²) in [6.45, 7) is 11.1. The van der Waals surface area contributed by atoms with Gasteiger partial charge in [-0.1, -0.05) is 35.9 Å². The Bertz CT molecular complexity index is 1370. The maximum absolute atomic E-state index is 14.6. The average Bonchev–Trinajstić information content (AvgIpc) is 3.27. The van der Waals surface area contributed by atoms with E-state index in [-0.39, 0.29) is 35.0 Å². The number of ketones is 1. The van der Waals surface area contributed by atoms with Gasteiger partial charge in [-0.3, -0.25) is 14.4 Å². The lowest BCUT2D eigenvalue weighted by molar-refractivity contribution is -0.128. The lowest BCUT2D eigenvalue weighted by Gasteiger charge is -2.35. The van der Waals surface area contributed by atoms with E-state index in [9.17, 15) is 18.8 Å². The number of hydrogen-bond acceptors (Lipinski definition) is 3. The fraction of sp³-hybridized carbons (Fsp3) is 0.231. The number of aromatic amines is 1. The molecular weight excluding hydrogens is 435 g/mol. The third-order valence-electron chi connectivity index (χ3n) is 6.02. The second-order valence-electron chi connectivity index (χ2n) is 8.29. The zero-order valence-corrected chi connectivity index (χ0v) is 18.8. The summed E-state index contributed by atoms with van der Waals surface area (Å²) < 4.78 is 14.6. The van der Waals surface area contributed by atoms with Crippen LogP contribution in [0.3, 0.4) is 0 Å². The van der Waals surface area contributed by atoms with Crippen LogP contribution in [0.15, 0.2) is 54.2 Å². The number of likely N-dealkylation sites (tertiary alicyclic amines) is 1. The standard InChI is InChI=1S/C26H23FN4O3/c1-15-13-18(23(28-3)17-7-5-4-6-8-17)11-12-31(15)26(34)25(33)19-14-29-24-21(30-16(2)32)10-9-20(27)22(19)24/h4-10,14-15,29H,11-13H2,1-2H3,(H,30,32)/b23-18+. The Morgan fingerprint density at radius 1 is 1.18 bits per heavy atom. The lowest BCUT2D eigenvalue weighted by atomic mass is 9.92. The smallest absolute Gasteiger partial charge is 0.295 e. The molecule has 1 fully saturated rings. The first kappa shape index (κ1) is 22.9. The van der Waals surface area contributed by atoms with E-state index in [0.29, 0.717) is 24.2 Å². The summed E-state index contributed by atoms with van der Waals surface area (Å²) in [6, 6.07) is 11.6. The fourth-order valence-electron chi connectivity index (χ4n) is 4.43. The summed E-state index contributed by atoms with van der Waals surface area (Å²) in [5, 5.41) is 2.56. The number of nitrogens with one attached hydrogen (secondary N) is 2. The third-order valence-corrected chi connectivity index (χ3v) is 6.02. The predicted molar refractivity (Wildman–Crippen MR) is 127 cm³/mol. The van der Waals surface area contributed by atoms with Gasteiger partial charge >= 0.3 is 0 Å². The molecule has 3 aromatic rings. The number of carbonyl (C=O) groups excluding carboxylic acids is 3. The summed E-state index contributed by atoms with van der Waals surface area (Å²) in [7, 11) is 0. The van der Waals surface area contributed by atoms with E-state index in [1.807, 2.05) is 37.3 Å². The van der Waals surface area contributed by atoms with Gasteiger partial charge in [-0.25, -0.2) is 9.24 Å². The van der Waals surface area contributed by atoms with Gasteiger partial charge in [-0.2, -0.15) is 0 Å². The van der Waals surface area contributed by atoms with E-state index >= 15 is 0 Å². The summed E-state index contributed by atoms with van der Waals surface area (Å²) in [6.07, 6.45) is 2.25. The van der Waals surface area contributed by atoms with Crippen molar-refractivity contribution < 1.29 is 18.8 Å². The van der Waals surface area contributed by atoms with Gasteiger partial charge in [0.15, 0.2) is 5.70 Å². The Labute approximate surface area is 196 Å². The van der Waals surface area contributed by atoms with Crippen LogP contribution in [0.1, 0.15) is 42.6 Å². The second kappa shape index (κ2) is 9.32. The van der Waals surface area contributed by atoms with Gasteiger partial charge in [0.05, 0.1) is 23.3 Å². The van der Waals surface area contributed by atoms with Gasteiger partial charge in [-0.05, 0) is 37.5 Å². The van der Waals surface area contributed by atoms with Crippen LogP contribution in [-0.4, -0.2) is 40.1 Å². The van der Waals surface area contributed by atoms with Crippen LogP contribution in [0.4, 0.5) is 10.1 Å². The number of aromatic nitrogens is 1. The topological polar surface area (TPSA) is 86.6 Å². The molecule has 0 radical (unpaired) electrons. The molecule has 4 rings (SSSR count). The third kappa shape index (κ3) is 4.20. The molecule has 0 bridgehead atoms. The number of anilines is 1. The van der Waals surface area contributed by atoms with Gasteiger partial charge in [0.1, 0.15) is 5.82 Å². The minimum absolute atomic E-state index is 0.0331. The molecule has 34 heavy (non-hydrogen) atoms. The predicted octanol–water partition coefficient (Wildman–Crippen LogP) is 4.79. The molecule has 2 amide bonds. The number of piperidine rings is 1. The van der Waals surface area contributed by atoms with Gasteiger partial charge < -0.3 is 15.2 Å². The highest BCUT2D eigenvalue weighted by molar-refractivity contribution is 6.45. The molecule has 2 heterocycles. The molecule has 0 saturated carbocycles. The van der Waals surface area contributed by atoms with Crippen LogP contribution in [0.25, 0.3) is 21.4 Å². The quantitative estimate of drug-likeness (QED) is 0.335. The first-order valence-electron chi connectivity index (χ1n) is 10.9. The van der Waals surface area contributed by atoms with Gasteiger partial charge in [-0.15, -0.1) is 0 Å². The van der Waals surface area contributed by atoms with Crippen molar-refractivity contribution in [3.8, 4) is 0 Å². The van der Waals surface area contributed by atoms with Crippen molar-refractivity contribution in [2.45, 2.75) is 32.7 Å². The number of fused-ring (bicyclic) bond motifs is 1. The zero-order valence-electron chi connectivity index (χ0n) is 18.8. The fourth-order valence-corrected chi connectivity index (χ4v) is 4.43. The minimum Gasteiger partial charge on any atom is -0.359 e. The number of carbonyl (C=O) groups is 3. The second-order valence-corrected chi connectivity index (χ2v) is 8.29. The Hall–Kier alpha value is -4.25. The number of benzene rings is 2. The Kier molecular flexibility index (Phi) is 6.28. The molecule has 1 saturated heterocycles. The number of amides is 2. The zero-order chi connectivity index (χ0) is 24.4. The highest BCUT2D eigenvalue weighted by Crippen LogP contribution is 2.32. The number of Topliss-reactive ketones (excluding diaryl/α,β-unsaturated/α-hetero) is 1. The Morgan fingerprint density at radius 2 is 1.91 bits per heavy atom. The molecule has 0 aliphatic carbocycles. The number of nitrogens with zero attached hydrogens (tertiary/aromatic N) is 2. The minimum atomic E-state index is -0.821. The molecule has 2 N–H and O–H groups in total. The van der Waals surface area contributed by atoms with Crippen molar-refractivity contribution in [1.29, 1.82) is 0 Å². The van der Waals surface area contributed by atoms with Gasteiger partial charge in [0, 0.05) is 31.1 Å². The van der Waals surface area contributed by atoms with E-state index in [4.69, 9.17) is 6.57 Å². The molecule has 1 aliphatic heterocycles. The van der Waals surface area contributed by atoms with Crippen molar-refractivity contribution in [1.82, 2.24) is 9.88 Å². The van der Waals surface area contributed by atoms with Crippen LogP contribution < -0.4 is 5.32 Å². The summed E-state index contributed by atoms with van der Waals surface area (Å²) in [5.41, 5.74) is 2.85. The number of halogens is 1. The molecule has 1 unspecified atom stereocenters. The van der Waals surface area contributed by atoms with Crippen LogP contribution in [0.2, 0.25) is 0 Å². The Balaban J connectivity index is 1.59. The molecule has 2 aromatic carbocycles. The average molecular weight is 458 g/mol. The number of hydrogen-bond donors (Lipinski definition) is 2. The largest absolute Gasteiger partial charge is 0.359 e. The first-order chi connectivity index (χ1) is 16.3. The maximum Gasteiger partial charge on any atom is 0.295 e. The molecule has 0 spiro atoms. The molecule has 7 nitrogen and oxygen atoms in total. The van der Waals surface area contributed by atoms with E-state index < -0.39 is 17.5 Å². The van der Waals surface area contributed by atoms with E-state index in [1.54, 1.807) is 0 Å². The van der Waals surface area contributed by atoms with E-state index in [1.165, 1.54) is 24.1 Å². The van der Waals surface area contributed by atoms with E-state index in [2.05, 4.69) is 15.1 Å². The van der Waals surface area contributed by atoms with E-state index in [0.717, 1.165) is 17.2 Å². The highest BCUT2D eigenvalue weighted by Gasteiger charge is 2.33. The number of rotatable bonds is 4. The lowest BCUT2D eigenvalue weighted by Crippen LogP contribution is -2.46. The maximum atomic E-state index is 14.6. The molecule has 172 valence electrons. The SMILES string of the molecule is [C-]#[N+]/C(=C1\CCN(C(=O)C(=O)c2c[nH]c3c(NC(C)=O)ccc(F)c23)C(C)C1)c1ccccc1. The van der Waals surface area contributed by atoms with Crippen molar-refractivity contribution >= 4 is 39.9 Å². The van der Waals surface area contributed by atoms with Crippen molar-refractivity contribution in [3.05, 3.63) is 82.6 Å². The van der Waals surface area contributed by atoms with Crippen molar-refractivity contribution in [2.24, 2.45) is 0 Å². The normalized spacial score (nSPS) is 17.2. The van der Waals surface area contributed by atoms with Gasteiger partial charge in [0.2, 0.25) is 5.91 Å². The van der Waals surface area contributed by atoms with Gasteiger partial charge in [0.25, 0.3) is 11.7 Å². The van der Waals surface area contributed by atoms with Crippen LogP contribution in [-0.2, 0) is 9.59 Å². The van der Waals surface area contributed by atoms with Crippen LogP contribution in [0, 0.1) is 12.4 Å². The highest BCUT2D eigenvalue weighted by atomic mass is 19.1. The molecular formula is C26H23FN4O3. The number of H-pyrrole nitrogens is 1. The Morgan fingerprint density at radius 3 is 2.56 bits per heavy atom. The molecule has 1 atom stereocenters. The molecule has 1 aliphatic rings. The van der Waals surface area contributed by atoms with Crippen LogP contribution in [0.5, 0.6) is 0 Å². The molecule has 1 aromatic heterocycles. The van der Waals surface area contributed by atoms with Crippen molar-refractivity contribution in [3.63, 3.8) is 0 Å². The van der Waals surface area contributed by atoms with Crippen LogP contribution >= 0.6 is 0 Å². The summed E-state index contributed by atoms with van der Waals surface area (Å²) >= 11 is 0.